The summed E-state index contributed by atoms with van der Waals surface area (Å²) in [6.07, 6.45) is 1.97. The van der Waals surface area contributed by atoms with E-state index in [-0.39, 0.29) is 24.9 Å². The fourth-order valence-electron chi connectivity index (χ4n) is 4.07. The minimum atomic E-state index is -3.85. The van der Waals surface area contributed by atoms with Gasteiger partial charge in [0.25, 0.3) is 0 Å². The number of nitrogens with one attached hydrogen (secondary N) is 1. The van der Waals surface area contributed by atoms with Crippen LogP contribution in [0.25, 0.3) is 0 Å². The summed E-state index contributed by atoms with van der Waals surface area (Å²) in [5.74, 6) is -0.878. The van der Waals surface area contributed by atoms with Crippen LogP contribution in [-0.2, 0) is 32.6 Å². The average molecular weight is 669 g/mol. The van der Waals surface area contributed by atoms with Gasteiger partial charge >= 0.3 is 0 Å². The van der Waals surface area contributed by atoms with E-state index in [1.807, 2.05) is 44.2 Å². The first-order valence-electron chi connectivity index (χ1n) is 12.7. The summed E-state index contributed by atoms with van der Waals surface area (Å²) >= 11 is 15.8. The zero-order valence-electron chi connectivity index (χ0n) is 22.5. The molecule has 0 bridgehead atoms. The molecule has 7 nitrogen and oxygen atoms in total. The van der Waals surface area contributed by atoms with Crippen LogP contribution >= 0.6 is 39.1 Å². The third-order valence-corrected chi connectivity index (χ3v) is 8.76. The van der Waals surface area contributed by atoms with E-state index in [0.29, 0.717) is 32.2 Å². The van der Waals surface area contributed by atoms with Crippen LogP contribution in [0.2, 0.25) is 10.0 Å². The monoisotopic (exact) mass is 667 g/mol. The van der Waals surface area contributed by atoms with E-state index in [4.69, 9.17) is 23.2 Å². The summed E-state index contributed by atoms with van der Waals surface area (Å²) in [6, 6.07) is 20.0. The Bertz CT molecular complexity index is 1440. The summed E-state index contributed by atoms with van der Waals surface area (Å²) < 4.78 is 27.4. The van der Waals surface area contributed by atoms with Gasteiger partial charge in [-0.3, -0.25) is 13.9 Å². The molecule has 3 rings (SSSR count). The molecular weight excluding hydrogens is 637 g/mol. The molecule has 11 heteroatoms. The third-order valence-electron chi connectivity index (χ3n) is 6.38. The lowest BCUT2D eigenvalue weighted by Gasteiger charge is -2.34. The summed E-state index contributed by atoms with van der Waals surface area (Å²) in [5.41, 5.74) is 1.82. The second-order valence-electron chi connectivity index (χ2n) is 9.54. The molecule has 0 saturated heterocycles. The van der Waals surface area contributed by atoms with Crippen LogP contribution in [-0.4, -0.2) is 50.0 Å². The van der Waals surface area contributed by atoms with Crippen LogP contribution in [0.15, 0.2) is 77.3 Å². The summed E-state index contributed by atoms with van der Waals surface area (Å²) in [5, 5.41) is 3.66. The molecule has 0 heterocycles. The SMILES string of the molecule is CC[C@@H](C)NC(=O)[C@@H](Cc1ccccc1)N(Cc1ccc(Cl)c(Cl)c1)C(=O)CN(c1cccc(Br)c1)S(C)(=O)=O. The van der Waals surface area contributed by atoms with Crippen molar-refractivity contribution in [3.8, 4) is 0 Å². The Morgan fingerprint density at radius 2 is 1.65 bits per heavy atom. The molecule has 1 N–H and O–H groups in total. The smallest absolute Gasteiger partial charge is 0.244 e. The molecule has 0 aliphatic heterocycles. The van der Waals surface area contributed by atoms with Crippen LogP contribution in [0, 0.1) is 0 Å². The van der Waals surface area contributed by atoms with Gasteiger partial charge in [-0.05, 0) is 54.8 Å². The maximum atomic E-state index is 14.1. The van der Waals surface area contributed by atoms with Gasteiger partial charge in [-0.2, -0.15) is 0 Å². The fraction of sp³-hybridized carbons (Fsp3) is 0.310. The Kier molecular flexibility index (Phi) is 11.5. The van der Waals surface area contributed by atoms with E-state index < -0.39 is 28.5 Å². The number of hydrogen-bond donors (Lipinski definition) is 1. The predicted octanol–water partition coefficient (Wildman–Crippen LogP) is 6.08. The molecule has 0 aromatic heterocycles. The lowest BCUT2D eigenvalue weighted by Crippen LogP contribution is -2.54. The number of anilines is 1. The molecule has 0 spiro atoms. The third kappa shape index (κ3) is 8.96. The van der Waals surface area contributed by atoms with Gasteiger partial charge in [-0.15, -0.1) is 0 Å². The number of benzene rings is 3. The Balaban J connectivity index is 2.08. The van der Waals surface area contributed by atoms with E-state index in [1.165, 1.54) is 4.90 Å². The maximum absolute atomic E-state index is 14.1. The molecule has 0 saturated carbocycles. The van der Waals surface area contributed by atoms with E-state index in [2.05, 4.69) is 21.2 Å². The lowest BCUT2D eigenvalue weighted by molar-refractivity contribution is -0.140. The molecule has 0 unspecified atom stereocenters. The Morgan fingerprint density at radius 1 is 0.950 bits per heavy atom. The zero-order valence-corrected chi connectivity index (χ0v) is 26.4. The maximum Gasteiger partial charge on any atom is 0.244 e. The number of nitrogens with zero attached hydrogens (tertiary/aromatic N) is 2. The standard InChI is InChI=1S/C29H32BrCl2N3O4S/c1-4-20(2)33-29(37)27(16-21-9-6-5-7-10-21)34(18-22-13-14-25(31)26(32)15-22)28(36)19-35(40(3,38)39)24-12-8-11-23(30)17-24/h5-15,17,20,27H,4,16,18-19H2,1-3H3,(H,33,37)/t20-,27-/m1/s1. The normalized spacial score (nSPS) is 12.8. The number of sulfonamides is 1. The first-order valence-corrected chi connectivity index (χ1v) is 16.1. The highest BCUT2D eigenvalue weighted by atomic mass is 79.9. The van der Waals surface area contributed by atoms with Crippen molar-refractivity contribution in [2.45, 2.75) is 45.3 Å². The van der Waals surface area contributed by atoms with Gasteiger partial charge in [0.05, 0.1) is 22.0 Å². The van der Waals surface area contributed by atoms with Gasteiger partial charge in [0.1, 0.15) is 12.6 Å². The predicted molar refractivity (Wildman–Crippen MR) is 165 cm³/mol. The molecular formula is C29H32BrCl2N3O4S. The molecule has 2 atom stereocenters. The second kappa shape index (κ2) is 14.3. The van der Waals surface area contributed by atoms with Crippen LogP contribution < -0.4 is 9.62 Å². The largest absolute Gasteiger partial charge is 0.352 e. The highest BCUT2D eigenvalue weighted by Crippen LogP contribution is 2.26. The van der Waals surface area contributed by atoms with Gasteiger partial charge in [-0.1, -0.05) is 88.5 Å². The topological polar surface area (TPSA) is 86.8 Å². The summed E-state index contributed by atoms with van der Waals surface area (Å²) in [6.45, 7) is 3.36. The molecule has 3 aromatic carbocycles. The molecule has 2 amide bonds. The van der Waals surface area contributed by atoms with Gasteiger partial charge in [0, 0.05) is 23.5 Å². The first kappa shape index (κ1) is 31.9. The molecule has 0 aliphatic rings. The lowest BCUT2D eigenvalue weighted by atomic mass is 10.0. The number of hydrogen-bond acceptors (Lipinski definition) is 4. The van der Waals surface area contributed by atoms with Crippen molar-refractivity contribution in [3.05, 3.63) is 98.4 Å². The highest BCUT2D eigenvalue weighted by Gasteiger charge is 2.33. The molecule has 0 radical (unpaired) electrons. The van der Waals surface area contributed by atoms with Gasteiger partial charge in [-0.25, -0.2) is 8.42 Å². The molecule has 3 aromatic rings. The van der Waals surface area contributed by atoms with Crippen molar-refractivity contribution in [1.29, 1.82) is 0 Å². The van der Waals surface area contributed by atoms with Crippen molar-refractivity contribution in [3.63, 3.8) is 0 Å². The first-order chi connectivity index (χ1) is 18.9. The van der Waals surface area contributed by atoms with Crippen LogP contribution in [0.3, 0.4) is 0 Å². The quantitative estimate of drug-likeness (QED) is 0.254. The number of carbonyl (C=O) groups is 2. The van der Waals surface area contributed by atoms with Gasteiger partial charge < -0.3 is 10.2 Å². The molecule has 0 fully saturated rings. The Hall–Kier alpha value is -2.59. The van der Waals surface area contributed by atoms with E-state index in [1.54, 1.807) is 42.5 Å². The fourth-order valence-corrected chi connectivity index (χ4v) is 5.62. The van der Waals surface area contributed by atoms with Crippen LogP contribution in [0.1, 0.15) is 31.4 Å². The van der Waals surface area contributed by atoms with Crippen molar-refractivity contribution in [1.82, 2.24) is 10.2 Å². The van der Waals surface area contributed by atoms with Crippen molar-refractivity contribution in [2.24, 2.45) is 0 Å². The number of carbonyl (C=O) groups excluding carboxylic acids is 2. The van der Waals surface area contributed by atoms with Crippen molar-refractivity contribution in [2.75, 3.05) is 17.1 Å². The molecule has 214 valence electrons. The van der Waals surface area contributed by atoms with Crippen LogP contribution in [0.4, 0.5) is 5.69 Å². The zero-order chi connectivity index (χ0) is 29.4. The minimum Gasteiger partial charge on any atom is -0.352 e. The van der Waals surface area contributed by atoms with E-state index in [9.17, 15) is 18.0 Å². The molecule has 0 aliphatic carbocycles. The minimum absolute atomic E-state index is 0.0111. The number of halogens is 3. The number of rotatable bonds is 12. The van der Waals surface area contributed by atoms with E-state index in [0.717, 1.165) is 16.1 Å². The van der Waals surface area contributed by atoms with Crippen LogP contribution in [0.5, 0.6) is 0 Å². The average Bonchev–Trinajstić information content (AvgIpc) is 2.90. The van der Waals surface area contributed by atoms with Crippen molar-refractivity contribution < 1.29 is 18.0 Å². The molecule has 40 heavy (non-hydrogen) atoms. The van der Waals surface area contributed by atoms with Gasteiger partial charge in [0.2, 0.25) is 21.8 Å². The Labute approximate surface area is 254 Å². The Morgan fingerprint density at radius 3 is 2.25 bits per heavy atom. The van der Waals surface area contributed by atoms with Gasteiger partial charge in [0.15, 0.2) is 0 Å². The summed E-state index contributed by atoms with van der Waals surface area (Å²) in [7, 11) is -3.85. The summed E-state index contributed by atoms with van der Waals surface area (Å²) in [4.78, 5) is 29.2. The highest BCUT2D eigenvalue weighted by molar-refractivity contribution is 9.10. The second-order valence-corrected chi connectivity index (χ2v) is 13.2. The van der Waals surface area contributed by atoms with Crippen molar-refractivity contribution >= 4 is 66.7 Å². The van der Waals surface area contributed by atoms with E-state index >= 15 is 0 Å². The number of amides is 2.